The summed E-state index contributed by atoms with van der Waals surface area (Å²) in [5.74, 6) is 0. The van der Waals surface area contributed by atoms with Crippen LogP contribution in [0.4, 0.5) is 4.79 Å². The number of carbonyl (C=O) groups is 1. The van der Waals surface area contributed by atoms with E-state index in [2.05, 4.69) is 29.6 Å². The van der Waals surface area contributed by atoms with Crippen LogP contribution in [0.5, 0.6) is 0 Å². The molecule has 1 amide bonds. The van der Waals surface area contributed by atoms with Crippen molar-refractivity contribution in [3.05, 3.63) is 63.9 Å². The van der Waals surface area contributed by atoms with Gasteiger partial charge in [-0.25, -0.2) is 0 Å². The molecule has 3 aromatic rings. The van der Waals surface area contributed by atoms with E-state index in [0.717, 1.165) is 4.88 Å². The fourth-order valence-corrected chi connectivity index (χ4v) is 3.44. The molecule has 3 rings (SSSR count). The minimum atomic E-state index is -1.27. The third-order valence-corrected chi connectivity index (χ3v) is 4.65. The Bertz CT molecular complexity index is 893. The normalized spacial score (nSPS) is 10.8. The monoisotopic (exact) mass is 326 g/mol. The Labute approximate surface area is 137 Å². The van der Waals surface area contributed by atoms with E-state index in [1.54, 1.807) is 0 Å². The maximum atomic E-state index is 10.4. The second-order valence-corrected chi connectivity index (χ2v) is 6.35. The smallest absolute Gasteiger partial charge is 0.182 e. The summed E-state index contributed by atoms with van der Waals surface area (Å²) in [6.07, 6.45) is 1.22. The van der Waals surface area contributed by atoms with Crippen molar-refractivity contribution in [3.63, 3.8) is 0 Å². The lowest BCUT2D eigenvalue weighted by Crippen LogP contribution is -2.37. The summed E-state index contributed by atoms with van der Waals surface area (Å²) < 4.78 is 1.89. The average molecular weight is 326 g/mol. The van der Waals surface area contributed by atoms with Crippen LogP contribution in [0.2, 0.25) is 0 Å². The summed E-state index contributed by atoms with van der Waals surface area (Å²) in [6, 6.07) is 14.4. The van der Waals surface area contributed by atoms with Crippen LogP contribution in [0.25, 0.3) is 10.8 Å². The van der Waals surface area contributed by atoms with E-state index in [1.807, 2.05) is 29.0 Å². The summed E-state index contributed by atoms with van der Waals surface area (Å²) in [6.45, 7) is 0.932. The van der Waals surface area contributed by atoms with Crippen LogP contribution in [0.15, 0.2) is 48.7 Å². The van der Waals surface area contributed by atoms with Crippen molar-refractivity contribution >= 4 is 28.2 Å². The molecule has 0 atom stereocenters. The Hall–Kier alpha value is -2.60. The van der Waals surface area contributed by atoms with Gasteiger partial charge in [0.1, 0.15) is 6.09 Å². The molecule has 0 radical (unpaired) electrons. The first kappa shape index (κ1) is 15.3. The van der Waals surface area contributed by atoms with Gasteiger partial charge in [0.05, 0.1) is 6.54 Å². The summed E-state index contributed by atoms with van der Waals surface area (Å²) in [4.78, 5) is 11.8. The highest BCUT2D eigenvalue weighted by Gasteiger charge is 2.05. The Morgan fingerprint density at radius 3 is 2.83 bits per heavy atom. The second kappa shape index (κ2) is 6.66. The predicted octanol–water partition coefficient (Wildman–Crippen LogP) is 1.71. The Balaban J connectivity index is 1.81. The van der Waals surface area contributed by atoms with Gasteiger partial charge in [-0.15, -0.1) is 11.3 Å². The molecule has 0 aliphatic rings. The molecule has 2 N–H and O–H groups in total. The van der Waals surface area contributed by atoms with Crippen LogP contribution in [0, 0.1) is 5.41 Å². The highest BCUT2D eigenvalue weighted by Crippen LogP contribution is 2.19. The lowest BCUT2D eigenvalue weighted by Gasteiger charge is -2.07. The number of aromatic nitrogens is 1. The third kappa shape index (κ3) is 3.60. The molecule has 5 nitrogen and oxygen atoms in total. The number of carboxylic acid groups (broad SMARTS) is 1. The number of hydrogen-bond donors (Lipinski definition) is 2. The summed E-state index contributed by atoms with van der Waals surface area (Å²) in [5.41, 5.74) is 1.17. The van der Waals surface area contributed by atoms with Crippen LogP contribution in [-0.4, -0.2) is 17.2 Å². The van der Waals surface area contributed by atoms with Crippen molar-refractivity contribution in [1.29, 1.82) is 5.41 Å². The molecule has 0 spiro atoms. The first-order valence-electron chi connectivity index (χ1n) is 7.29. The van der Waals surface area contributed by atoms with Crippen molar-refractivity contribution in [2.45, 2.75) is 13.0 Å². The minimum Gasteiger partial charge on any atom is -0.530 e. The zero-order valence-corrected chi connectivity index (χ0v) is 13.2. The molecular weight excluding hydrogens is 310 g/mol. The molecule has 0 saturated heterocycles. The van der Waals surface area contributed by atoms with Crippen LogP contribution >= 0.6 is 11.3 Å². The van der Waals surface area contributed by atoms with E-state index >= 15 is 0 Å². The van der Waals surface area contributed by atoms with Crippen LogP contribution in [-0.2, 0) is 13.0 Å². The van der Waals surface area contributed by atoms with Gasteiger partial charge in [0.25, 0.3) is 0 Å². The number of amides is 1. The van der Waals surface area contributed by atoms with Gasteiger partial charge in [-0.1, -0.05) is 42.5 Å². The molecule has 1 heterocycles. The highest BCUT2D eigenvalue weighted by atomic mass is 32.1. The van der Waals surface area contributed by atoms with Gasteiger partial charge in [-0.3, -0.25) is 5.41 Å². The lowest BCUT2D eigenvalue weighted by molar-refractivity contribution is -0.250. The topological polar surface area (TPSA) is 80.9 Å². The molecule has 23 heavy (non-hydrogen) atoms. The van der Waals surface area contributed by atoms with Gasteiger partial charge in [0, 0.05) is 24.0 Å². The predicted molar refractivity (Wildman–Crippen MR) is 88.3 cm³/mol. The third-order valence-electron chi connectivity index (χ3n) is 3.65. The van der Waals surface area contributed by atoms with E-state index in [9.17, 15) is 9.90 Å². The van der Waals surface area contributed by atoms with Gasteiger partial charge in [0.2, 0.25) is 0 Å². The number of nitrogens with one attached hydrogen (secondary N) is 2. The fourth-order valence-electron chi connectivity index (χ4n) is 2.58. The van der Waals surface area contributed by atoms with E-state index in [0.29, 0.717) is 24.3 Å². The van der Waals surface area contributed by atoms with Gasteiger partial charge >= 0.3 is 0 Å². The molecule has 0 saturated carbocycles. The first-order chi connectivity index (χ1) is 11.1. The molecule has 0 aliphatic heterocycles. The van der Waals surface area contributed by atoms with Gasteiger partial charge in [-0.05, 0) is 16.3 Å². The highest BCUT2D eigenvalue weighted by molar-refractivity contribution is 7.09. The van der Waals surface area contributed by atoms with E-state index < -0.39 is 6.09 Å². The Kier molecular flexibility index (Phi) is 4.43. The van der Waals surface area contributed by atoms with Crippen LogP contribution in [0.1, 0.15) is 10.4 Å². The number of nitrogens with zero attached hydrogens (tertiary/aromatic N) is 1. The van der Waals surface area contributed by atoms with Crippen molar-refractivity contribution in [2.24, 2.45) is 0 Å². The molecule has 1 aromatic heterocycles. The average Bonchev–Trinajstić information content (AvgIpc) is 2.87. The number of hydrogen-bond acceptors (Lipinski definition) is 4. The van der Waals surface area contributed by atoms with Crippen molar-refractivity contribution < 1.29 is 9.90 Å². The van der Waals surface area contributed by atoms with Crippen molar-refractivity contribution in [2.75, 3.05) is 6.54 Å². The number of rotatable bonds is 5. The van der Waals surface area contributed by atoms with E-state index in [-0.39, 0.29) is 0 Å². The molecule has 0 unspecified atom stereocenters. The summed E-state index contributed by atoms with van der Waals surface area (Å²) >= 11 is 1.37. The number of carbonyl (C=O) groups excluding carboxylic acids is 1. The summed E-state index contributed by atoms with van der Waals surface area (Å²) in [7, 11) is 0. The lowest BCUT2D eigenvalue weighted by atomic mass is 10.0. The zero-order chi connectivity index (χ0) is 16.2. The first-order valence-corrected chi connectivity index (χ1v) is 8.10. The fraction of sp³-hybridized carbons (Fsp3) is 0.176. The SMILES string of the molecule is N=c1sc(CCNC(=O)[O-])cn1Cc1cccc2ccccc12. The molecule has 0 fully saturated rings. The number of thiazole rings is 1. The van der Waals surface area contributed by atoms with E-state index in [4.69, 9.17) is 5.41 Å². The number of fused-ring (bicyclic) bond motifs is 1. The largest absolute Gasteiger partial charge is 0.530 e. The Morgan fingerprint density at radius 1 is 1.22 bits per heavy atom. The standard InChI is InChI=1S/C17H17N3O2S/c18-16-20(11-14(23-16)8-9-19-17(21)22)10-13-6-3-5-12-4-1-2-7-15(12)13/h1-7,11,18-19H,8-10H2,(H,21,22)/p-1. The molecule has 2 aromatic carbocycles. The number of benzene rings is 2. The van der Waals surface area contributed by atoms with Crippen molar-refractivity contribution in [1.82, 2.24) is 9.88 Å². The van der Waals surface area contributed by atoms with E-state index in [1.165, 1.54) is 27.7 Å². The van der Waals surface area contributed by atoms with Gasteiger partial charge < -0.3 is 19.8 Å². The molecule has 6 heteroatoms. The minimum absolute atomic E-state index is 0.302. The molecule has 118 valence electrons. The second-order valence-electron chi connectivity index (χ2n) is 5.23. The Morgan fingerprint density at radius 2 is 2.00 bits per heavy atom. The summed E-state index contributed by atoms with van der Waals surface area (Å²) in [5, 5.41) is 23.1. The molecule has 0 bridgehead atoms. The molecule has 0 aliphatic carbocycles. The van der Waals surface area contributed by atoms with Crippen molar-refractivity contribution in [3.8, 4) is 0 Å². The molecular formula is C17H16N3O2S-. The van der Waals surface area contributed by atoms with Gasteiger partial charge in [-0.2, -0.15) is 0 Å². The maximum Gasteiger partial charge on any atom is 0.182 e. The zero-order valence-electron chi connectivity index (χ0n) is 12.4. The van der Waals surface area contributed by atoms with Crippen LogP contribution < -0.4 is 15.2 Å². The maximum absolute atomic E-state index is 10.4. The van der Waals surface area contributed by atoms with Crippen LogP contribution in [0.3, 0.4) is 0 Å². The van der Waals surface area contributed by atoms with Gasteiger partial charge in [0.15, 0.2) is 4.80 Å². The quantitative estimate of drug-likeness (QED) is 0.748.